The van der Waals surface area contributed by atoms with E-state index in [-0.39, 0.29) is 11.9 Å². The van der Waals surface area contributed by atoms with Crippen molar-refractivity contribution in [2.24, 2.45) is 5.41 Å². The maximum absolute atomic E-state index is 13.2. The first-order valence-electron chi connectivity index (χ1n) is 9.89. The first-order chi connectivity index (χ1) is 12.6. The minimum atomic E-state index is -0.0407. The maximum Gasteiger partial charge on any atom is 0.240 e. The van der Waals surface area contributed by atoms with Crippen molar-refractivity contribution in [3.8, 4) is 0 Å². The van der Waals surface area contributed by atoms with Crippen LogP contribution in [0.1, 0.15) is 36.8 Å². The van der Waals surface area contributed by atoms with Gasteiger partial charge in [-0.25, -0.2) is 0 Å². The van der Waals surface area contributed by atoms with Crippen molar-refractivity contribution in [3.63, 3.8) is 0 Å². The van der Waals surface area contributed by atoms with Crippen molar-refractivity contribution in [3.05, 3.63) is 35.4 Å². The van der Waals surface area contributed by atoms with E-state index in [1.165, 1.54) is 24.0 Å². The van der Waals surface area contributed by atoms with Crippen LogP contribution in [0.2, 0.25) is 0 Å². The van der Waals surface area contributed by atoms with Crippen LogP contribution in [0.15, 0.2) is 24.3 Å². The molecule has 0 radical (unpaired) electrons. The number of methoxy groups -OCH3 is 1. The lowest BCUT2D eigenvalue weighted by Crippen LogP contribution is -2.44. The highest BCUT2D eigenvalue weighted by Gasteiger charge is 2.43. The number of carbonyl (C=O) groups is 1. The van der Waals surface area contributed by atoms with Crippen LogP contribution in [-0.4, -0.2) is 56.7 Å². The molecule has 2 N–H and O–H groups in total. The van der Waals surface area contributed by atoms with Crippen LogP contribution in [0, 0.1) is 12.3 Å². The fourth-order valence-corrected chi connectivity index (χ4v) is 4.23. The summed E-state index contributed by atoms with van der Waals surface area (Å²) in [5, 5.41) is 6.97. The molecule has 1 aromatic rings. The number of nitrogens with zero attached hydrogens (tertiary/aromatic N) is 1. The number of ether oxygens (including phenoxy) is 1. The van der Waals surface area contributed by atoms with Crippen LogP contribution in [-0.2, 0) is 16.1 Å². The van der Waals surface area contributed by atoms with Gasteiger partial charge in [-0.15, -0.1) is 0 Å². The summed E-state index contributed by atoms with van der Waals surface area (Å²) in [6.45, 7) is 7.31. The molecule has 2 aliphatic rings. The number of hydrogen-bond acceptors (Lipinski definition) is 4. The largest absolute Gasteiger partial charge is 0.385 e. The predicted octanol–water partition coefficient (Wildman–Crippen LogP) is 2.09. The zero-order valence-electron chi connectivity index (χ0n) is 16.2. The van der Waals surface area contributed by atoms with Crippen molar-refractivity contribution in [2.75, 3.05) is 39.9 Å². The number of aryl methyl sites for hydroxylation is 1. The molecule has 5 nitrogen and oxygen atoms in total. The van der Waals surface area contributed by atoms with E-state index in [9.17, 15) is 4.79 Å². The van der Waals surface area contributed by atoms with Gasteiger partial charge < -0.3 is 20.3 Å². The molecule has 3 rings (SSSR count). The molecular formula is C21H33N3O2. The van der Waals surface area contributed by atoms with E-state index < -0.39 is 0 Å². The smallest absolute Gasteiger partial charge is 0.240 e. The Hall–Kier alpha value is -1.43. The molecule has 1 aromatic carbocycles. The quantitative estimate of drug-likeness (QED) is 0.732. The van der Waals surface area contributed by atoms with E-state index >= 15 is 0 Å². The normalized spacial score (nSPS) is 21.8. The van der Waals surface area contributed by atoms with Gasteiger partial charge in [-0.3, -0.25) is 4.79 Å². The molecule has 1 atom stereocenters. The van der Waals surface area contributed by atoms with Gasteiger partial charge in [-0.1, -0.05) is 29.8 Å². The average molecular weight is 360 g/mol. The van der Waals surface area contributed by atoms with E-state index in [0.29, 0.717) is 18.6 Å². The Balaban J connectivity index is 1.64. The highest BCUT2D eigenvalue weighted by atomic mass is 16.5. The highest BCUT2D eigenvalue weighted by molar-refractivity contribution is 5.82. The second-order valence-electron chi connectivity index (χ2n) is 7.98. The zero-order chi connectivity index (χ0) is 18.4. The minimum absolute atomic E-state index is 0.0407. The molecule has 0 aliphatic carbocycles. The van der Waals surface area contributed by atoms with E-state index in [2.05, 4.69) is 41.8 Å². The lowest BCUT2D eigenvalue weighted by Gasteiger charge is -2.33. The van der Waals surface area contributed by atoms with Crippen LogP contribution in [0.5, 0.6) is 0 Å². The number of nitrogens with one attached hydrogen (secondary N) is 2. The monoisotopic (exact) mass is 359 g/mol. The molecule has 0 unspecified atom stereocenters. The van der Waals surface area contributed by atoms with Gasteiger partial charge in [-0.2, -0.15) is 0 Å². The summed E-state index contributed by atoms with van der Waals surface area (Å²) in [7, 11) is 1.71. The maximum atomic E-state index is 13.2. The first-order valence-corrected chi connectivity index (χ1v) is 9.89. The summed E-state index contributed by atoms with van der Waals surface area (Å²) in [6, 6.07) is 8.45. The van der Waals surface area contributed by atoms with Gasteiger partial charge in [0.1, 0.15) is 0 Å². The SMILES string of the molecule is COCCCN(Cc1ccc(C)cc1)C(=O)[C@@H]1CC2(CCNCC2)CN1. The summed E-state index contributed by atoms with van der Waals surface area (Å²) in [5.74, 6) is 0.247. The van der Waals surface area contributed by atoms with Gasteiger partial charge in [-0.05, 0) is 56.7 Å². The van der Waals surface area contributed by atoms with Crippen molar-refractivity contribution in [1.29, 1.82) is 0 Å². The molecule has 144 valence electrons. The number of benzene rings is 1. The Kier molecular flexibility index (Phi) is 6.68. The van der Waals surface area contributed by atoms with Gasteiger partial charge >= 0.3 is 0 Å². The molecule has 2 aliphatic heterocycles. The Bertz CT molecular complexity index is 581. The topological polar surface area (TPSA) is 53.6 Å². The zero-order valence-corrected chi connectivity index (χ0v) is 16.2. The van der Waals surface area contributed by atoms with Crippen molar-refractivity contribution in [2.45, 2.75) is 45.2 Å². The highest BCUT2D eigenvalue weighted by Crippen LogP contribution is 2.37. The minimum Gasteiger partial charge on any atom is -0.385 e. The van der Waals surface area contributed by atoms with E-state index in [4.69, 9.17) is 4.74 Å². The molecule has 5 heteroatoms. The van der Waals surface area contributed by atoms with Crippen LogP contribution >= 0.6 is 0 Å². The number of piperidine rings is 1. The summed E-state index contributed by atoms with van der Waals surface area (Å²) < 4.78 is 5.19. The predicted molar refractivity (Wildman–Crippen MR) is 104 cm³/mol. The van der Waals surface area contributed by atoms with Gasteiger partial charge in [0.05, 0.1) is 6.04 Å². The third-order valence-corrected chi connectivity index (χ3v) is 5.91. The summed E-state index contributed by atoms with van der Waals surface area (Å²) in [4.78, 5) is 15.3. The van der Waals surface area contributed by atoms with Gasteiger partial charge in [0, 0.05) is 33.4 Å². The molecule has 1 spiro atoms. The Morgan fingerprint density at radius 3 is 2.69 bits per heavy atom. The van der Waals surface area contributed by atoms with Crippen LogP contribution in [0.3, 0.4) is 0 Å². The summed E-state index contributed by atoms with van der Waals surface area (Å²) >= 11 is 0. The third kappa shape index (κ3) is 4.84. The van der Waals surface area contributed by atoms with Crippen molar-refractivity contribution in [1.82, 2.24) is 15.5 Å². The van der Waals surface area contributed by atoms with Crippen molar-refractivity contribution < 1.29 is 9.53 Å². The van der Waals surface area contributed by atoms with E-state index in [1.54, 1.807) is 7.11 Å². The molecule has 0 aromatic heterocycles. The molecule has 2 heterocycles. The van der Waals surface area contributed by atoms with Crippen molar-refractivity contribution >= 4 is 5.91 Å². The van der Waals surface area contributed by atoms with Crippen LogP contribution in [0.25, 0.3) is 0 Å². The number of carbonyl (C=O) groups excluding carboxylic acids is 1. The van der Waals surface area contributed by atoms with Gasteiger partial charge in [0.15, 0.2) is 0 Å². The lowest BCUT2D eigenvalue weighted by molar-refractivity contribution is -0.134. The Morgan fingerprint density at radius 2 is 2.00 bits per heavy atom. The fourth-order valence-electron chi connectivity index (χ4n) is 4.23. The molecule has 26 heavy (non-hydrogen) atoms. The second-order valence-corrected chi connectivity index (χ2v) is 7.98. The third-order valence-electron chi connectivity index (χ3n) is 5.91. The first kappa shape index (κ1) is 19.3. The number of hydrogen-bond donors (Lipinski definition) is 2. The number of amides is 1. The van der Waals surface area contributed by atoms with Gasteiger partial charge in [0.25, 0.3) is 0 Å². The second kappa shape index (κ2) is 8.98. The molecule has 0 saturated carbocycles. The average Bonchev–Trinajstić information content (AvgIpc) is 3.06. The van der Waals surface area contributed by atoms with E-state index in [0.717, 1.165) is 39.0 Å². The molecule has 0 bridgehead atoms. The molecular weight excluding hydrogens is 326 g/mol. The van der Waals surface area contributed by atoms with Gasteiger partial charge in [0.2, 0.25) is 5.91 Å². The van der Waals surface area contributed by atoms with Crippen LogP contribution in [0.4, 0.5) is 0 Å². The van der Waals surface area contributed by atoms with E-state index in [1.807, 2.05) is 4.90 Å². The standard InChI is InChI=1S/C21H33N3O2/c1-17-4-6-18(7-5-17)15-24(12-3-13-26-2)20(25)19-14-21(16-23-19)8-10-22-11-9-21/h4-7,19,22-23H,3,8-16H2,1-2H3/t19-/m0/s1. The molecule has 2 fully saturated rings. The molecule has 1 amide bonds. The fraction of sp³-hybridized carbons (Fsp3) is 0.667. The molecule has 2 saturated heterocycles. The Morgan fingerprint density at radius 1 is 1.27 bits per heavy atom. The number of rotatable bonds is 7. The summed E-state index contributed by atoms with van der Waals surface area (Å²) in [5.41, 5.74) is 2.75. The Labute approximate surface area is 157 Å². The lowest BCUT2D eigenvalue weighted by atomic mass is 9.77. The summed E-state index contributed by atoms with van der Waals surface area (Å²) in [6.07, 6.45) is 4.19. The van der Waals surface area contributed by atoms with Crippen LogP contribution < -0.4 is 10.6 Å².